The first-order valence-electron chi connectivity index (χ1n) is 6.70. The molecule has 4 rings (SSSR count). The second kappa shape index (κ2) is 4.07. The van der Waals surface area contributed by atoms with Gasteiger partial charge in [-0.05, 0) is 25.0 Å². The van der Waals surface area contributed by atoms with Crippen LogP contribution in [0.5, 0.6) is 5.75 Å². The molecule has 0 atom stereocenters. The first kappa shape index (κ1) is 11.5. The van der Waals surface area contributed by atoms with Crippen molar-refractivity contribution in [3.05, 3.63) is 56.9 Å². The van der Waals surface area contributed by atoms with E-state index in [4.69, 9.17) is 9.15 Å². The van der Waals surface area contributed by atoms with Crippen LogP contribution in [0.1, 0.15) is 29.7 Å². The summed E-state index contributed by atoms with van der Waals surface area (Å²) < 4.78 is 11.2. The lowest BCUT2D eigenvalue weighted by atomic mass is 9.91. The molecular formula is C16H12O4. The van der Waals surface area contributed by atoms with Crippen LogP contribution < -0.4 is 10.4 Å². The summed E-state index contributed by atoms with van der Waals surface area (Å²) in [6, 6.07) is 0. The predicted octanol–water partition coefficient (Wildman–Crippen LogP) is 2.32. The second-order valence-electron chi connectivity index (χ2n) is 5.13. The maximum absolute atomic E-state index is 12.1. The first-order chi connectivity index (χ1) is 9.74. The van der Waals surface area contributed by atoms with Gasteiger partial charge in [-0.15, -0.1) is 0 Å². The van der Waals surface area contributed by atoms with E-state index in [2.05, 4.69) is 0 Å². The van der Waals surface area contributed by atoms with Gasteiger partial charge in [-0.2, -0.15) is 0 Å². The normalized spacial score (nSPS) is 19.3. The molecule has 0 radical (unpaired) electrons. The monoisotopic (exact) mass is 268 g/mol. The first-order valence-corrected chi connectivity index (χ1v) is 6.70. The van der Waals surface area contributed by atoms with E-state index in [0.29, 0.717) is 41.2 Å². The smallest absolute Gasteiger partial charge is 0.343 e. The van der Waals surface area contributed by atoms with E-state index in [1.165, 1.54) is 0 Å². The molecule has 1 aliphatic heterocycles. The average Bonchev–Trinajstić information content (AvgIpc) is 2.47. The maximum Gasteiger partial charge on any atom is 0.343 e. The molecule has 3 aliphatic rings. The van der Waals surface area contributed by atoms with Crippen LogP contribution in [0.4, 0.5) is 0 Å². The quantitative estimate of drug-likeness (QED) is 0.724. The SMILES string of the molecule is O=C1CC=CC2=C1Cc1c(c3c(oc1=O)C=CCC3)O2. The van der Waals surface area contributed by atoms with E-state index >= 15 is 0 Å². The van der Waals surface area contributed by atoms with E-state index in [0.717, 1.165) is 18.4 Å². The molecule has 0 aromatic carbocycles. The highest BCUT2D eigenvalue weighted by atomic mass is 16.5. The number of hydrogen-bond acceptors (Lipinski definition) is 4. The van der Waals surface area contributed by atoms with Crippen molar-refractivity contribution in [3.8, 4) is 5.75 Å². The summed E-state index contributed by atoms with van der Waals surface area (Å²) >= 11 is 0. The Hall–Kier alpha value is -2.36. The Bertz CT molecular complexity index is 774. The lowest BCUT2D eigenvalue weighted by molar-refractivity contribution is -0.115. The largest absolute Gasteiger partial charge is 0.456 e. The van der Waals surface area contributed by atoms with Crippen LogP contribution in [0, 0.1) is 0 Å². The van der Waals surface area contributed by atoms with Crippen molar-refractivity contribution in [3.63, 3.8) is 0 Å². The molecule has 0 amide bonds. The minimum Gasteiger partial charge on any atom is -0.456 e. The van der Waals surface area contributed by atoms with Crippen molar-refractivity contribution in [2.24, 2.45) is 0 Å². The van der Waals surface area contributed by atoms with Crippen molar-refractivity contribution in [1.29, 1.82) is 0 Å². The van der Waals surface area contributed by atoms with Gasteiger partial charge in [0.05, 0.1) is 5.56 Å². The minimum atomic E-state index is -0.404. The molecule has 0 saturated heterocycles. The van der Waals surface area contributed by atoms with Crippen molar-refractivity contribution >= 4 is 11.9 Å². The van der Waals surface area contributed by atoms with E-state index in [-0.39, 0.29) is 5.78 Å². The highest BCUT2D eigenvalue weighted by Gasteiger charge is 2.31. The fourth-order valence-electron chi connectivity index (χ4n) is 2.88. The van der Waals surface area contributed by atoms with Crippen LogP contribution in [0.2, 0.25) is 0 Å². The third kappa shape index (κ3) is 1.54. The number of ketones is 1. The van der Waals surface area contributed by atoms with Crippen molar-refractivity contribution in [2.45, 2.75) is 25.7 Å². The summed E-state index contributed by atoms with van der Waals surface area (Å²) in [4.78, 5) is 24.0. The molecule has 0 bridgehead atoms. The molecule has 1 aromatic heterocycles. The fourth-order valence-corrected chi connectivity index (χ4v) is 2.88. The number of Topliss-reactive ketones (excluding diaryl/α,β-unsaturated/α-hetero) is 1. The number of fused-ring (bicyclic) bond motifs is 3. The zero-order valence-corrected chi connectivity index (χ0v) is 10.8. The van der Waals surface area contributed by atoms with Gasteiger partial charge >= 0.3 is 5.63 Å². The van der Waals surface area contributed by atoms with Crippen LogP contribution in [0.25, 0.3) is 6.08 Å². The van der Waals surface area contributed by atoms with Gasteiger partial charge in [-0.1, -0.05) is 12.2 Å². The third-order valence-corrected chi connectivity index (χ3v) is 3.90. The highest BCUT2D eigenvalue weighted by Crippen LogP contribution is 2.37. The molecule has 0 fully saturated rings. The zero-order valence-electron chi connectivity index (χ0n) is 10.8. The van der Waals surface area contributed by atoms with Crippen molar-refractivity contribution in [2.75, 3.05) is 0 Å². The van der Waals surface area contributed by atoms with Crippen molar-refractivity contribution < 1.29 is 13.9 Å². The van der Waals surface area contributed by atoms with E-state index < -0.39 is 5.63 Å². The third-order valence-electron chi connectivity index (χ3n) is 3.90. The van der Waals surface area contributed by atoms with Gasteiger partial charge in [0.15, 0.2) is 5.78 Å². The maximum atomic E-state index is 12.1. The van der Waals surface area contributed by atoms with E-state index in [1.807, 2.05) is 18.2 Å². The zero-order chi connectivity index (χ0) is 13.7. The fraction of sp³-hybridized carbons (Fsp3) is 0.250. The lowest BCUT2D eigenvalue weighted by Crippen LogP contribution is -2.24. The predicted molar refractivity (Wildman–Crippen MR) is 72.5 cm³/mol. The average molecular weight is 268 g/mol. The molecule has 20 heavy (non-hydrogen) atoms. The van der Waals surface area contributed by atoms with Crippen LogP contribution in [0.15, 0.2) is 38.8 Å². The van der Waals surface area contributed by atoms with E-state index in [9.17, 15) is 9.59 Å². The highest BCUT2D eigenvalue weighted by molar-refractivity contribution is 5.99. The van der Waals surface area contributed by atoms with Gasteiger partial charge in [0.1, 0.15) is 17.3 Å². The number of allylic oxidation sites excluding steroid dienone is 4. The Morgan fingerprint density at radius 2 is 1.95 bits per heavy atom. The van der Waals surface area contributed by atoms with E-state index in [1.54, 1.807) is 6.08 Å². The van der Waals surface area contributed by atoms with Crippen LogP contribution in [-0.2, 0) is 17.6 Å². The summed E-state index contributed by atoms with van der Waals surface area (Å²) in [6.45, 7) is 0. The molecule has 2 heterocycles. The number of carbonyl (C=O) groups is 1. The number of hydrogen-bond donors (Lipinski definition) is 0. The van der Waals surface area contributed by atoms with Crippen LogP contribution in [0.3, 0.4) is 0 Å². The van der Waals surface area contributed by atoms with Crippen LogP contribution >= 0.6 is 0 Å². The Balaban J connectivity index is 1.92. The molecule has 4 heteroatoms. The van der Waals surface area contributed by atoms with Gasteiger partial charge in [0.2, 0.25) is 0 Å². The van der Waals surface area contributed by atoms with Gasteiger partial charge in [0.25, 0.3) is 0 Å². The molecule has 0 spiro atoms. The number of rotatable bonds is 0. The lowest BCUT2D eigenvalue weighted by Gasteiger charge is -2.25. The molecule has 0 N–H and O–H groups in total. The standard InChI is InChI=1S/C16H12O4/c17-12-5-3-7-14-10(12)8-11-15(19-14)9-4-1-2-6-13(9)20-16(11)18/h2-3,6-7H,1,4-5,8H2. The topological polar surface area (TPSA) is 56.5 Å². The van der Waals surface area contributed by atoms with Gasteiger partial charge in [-0.25, -0.2) is 4.79 Å². The molecule has 0 saturated carbocycles. The summed E-state index contributed by atoms with van der Waals surface area (Å²) in [7, 11) is 0. The summed E-state index contributed by atoms with van der Waals surface area (Å²) in [6.07, 6.45) is 9.78. The van der Waals surface area contributed by atoms with Gasteiger partial charge in [0, 0.05) is 24.0 Å². The Morgan fingerprint density at radius 3 is 2.85 bits per heavy atom. The second-order valence-corrected chi connectivity index (χ2v) is 5.13. The summed E-state index contributed by atoms with van der Waals surface area (Å²) in [5, 5.41) is 0. The number of ether oxygens (including phenoxy) is 1. The number of carbonyl (C=O) groups excluding carboxylic acids is 1. The van der Waals surface area contributed by atoms with Crippen LogP contribution in [-0.4, -0.2) is 5.78 Å². The molecule has 4 nitrogen and oxygen atoms in total. The van der Waals surface area contributed by atoms with Gasteiger partial charge < -0.3 is 9.15 Å². The Morgan fingerprint density at radius 1 is 1.05 bits per heavy atom. The Kier molecular flexibility index (Phi) is 2.33. The molecular weight excluding hydrogens is 256 g/mol. The molecule has 1 aromatic rings. The van der Waals surface area contributed by atoms with Gasteiger partial charge in [-0.3, -0.25) is 4.79 Å². The summed E-state index contributed by atoms with van der Waals surface area (Å²) in [5.41, 5.74) is 1.58. The minimum absolute atomic E-state index is 0.0187. The molecule has 100 valence electrons. The summed E-state index contributed by atoms with van der Waals surface area (Å²) in [5.74, 6) is 1.77. The molecule has 0 unspecified atom stereocenters. The van der Waals surface area contributed by atoms with Crippen molar-refractivity contribution in [1.82, 2.24) is 0 Å². The molecule has 2 aliphatic carbocycles. The Labute approximate surface area is 115 Å².